The van der Waals surface area contributed by atoms with Crippen LogP contribution in [0.2, 0.25) is 0 Å². The summed E-state index contributed by atoms with van der Waals surface area (Å²) in [5.74, 6) is 0. The van der Waals surface area contributed by atoms with Gasteiger partial charge in [-0.2, -0.15) is 0 Å². The number of amides is 1. The fourth-order valence-electron chi connectivity index (χ4n) is 2.60. The summed E-state index contributed by atoms with van der Waals surface area (Å²) < 4.78 is 31.3. The molecule has 0 fully saturated rings. The van der Waals surface area contributed by atoms with Gasteiger partial charge >= 0.3 is 6.09 Å². The van der Waals surface area contributed by atoms with E-state index in [1.165, 1.54) is 4.90 Å². The van der Waals surface area contributed by atoms with Crippen molar-refractivity contribution in [1.29, 1.82) is 0 Å². The number of carbonyl (C=O) groups excluding carboxylic acids is 1. The minimum absolute atomic E-state index is 0.0883. The molecule has 0 aliphatic carbocycles. The van der Waals surface area contributed by atoms with E-state index in [2.05, 4.69) is 6.58 Å². The molecule has 0 bridgehead atoms. The third-order valence-electron chi connectivity index (χ3n) is 3.86. The summed E-state index contributed by atoms with van der Waals surface area (Å²) >= 11 is 0. The van der Waals surface area contributed by atoms with Crippen molar-refractivity contribution in [2.45, 2.75) is 69.9 Å². The molecule has 0 aromatic heterocycles. The molecule has 1 rings (SSSR count). The summed E-state index contributed by atoms with van der Waals surface area (Å²) in [6, 6.07) is 6.37. The molecule has 0 spiro atoms. The van der Waals surface area contributed by atoms with Crippen LogP contribution in [-0.2, 0) is 14.6 Å². The Hall–Kier alpha value is -1.82. The van der Waals surface area contributed by atoms with Gasteiger partial charge in [0.1, 0.15) is 0 Å². The lowest BCUT2D eigenvalue weighted by Crippen LogP contribution is -2.44. The standard InChI is InChI=1S/C19H29NO4S/c1-7-8-9-18(24-19(21)20(14(2)3)15(4)5)25(22,23)17-12-10-16(6)11-13-17/h7,10-15,18H,1,8-9H2,2-6H3. The third-order valence-corrected chi connectivity index (χ3v) is 5.81. The Kier molecular flexibility index (Phi) is 7.67. The molecule has 1 amide bonds. The molecule has 0 aliphatic heterocycles. The van der Waals surface area contributed by atoms with E-state index in [-0.39, 0.29) is 23.4 Å². The monoisotopic (exact) mass is 367 g/mol. The summed E-state index contributed by atoms with van der Waals surface area (Å²) in [7, 11) is -3.79. The molecule has 0 saturated carbocycles. The Labute approximate surface area is 151 Å². The van der Waals surface area contributed by atoms with Crippen molar-refractivity contribution in [3.8, 4) is 0 Å². The van der Waals surface area contributed by atoms with Gasteiger partial charge in [-0.25, -0.2) is 13.2 Å². The van der Waals surface area contributed by atoms with Crippen LogP contribution in [-0.4, -0.2) is 36.9 Å². The quantitative estimate of drug-likeness (QED) is 0.642. The lowest BCUT2D eigenvalue weighted by atomic mass is 10.2. The van der Waals surface area contributed by atoms with Gasteiger partial charge in [0.15, 0.2) is 0 Å². The number of aryl methyl sites for hydroxylation is 1. The van der Waals surface area contributed by atoms with Crippen molar-refractivity contribution < 1.29 is 17.9 Å². The Morgan fingerprint density at radius 3 is 2.12 bits per heavy atom. The first-order valence-corrected chi connectivity index (χ1v) is 10.1. The predicted molar refractivity (Wildman–Crippen MR) is 100 cm³/mol. The molecular weight excluding hydrogens is 338 g/mol. The predicted octanol–water partition coefficient (Wildman–Crippen LogP) is 4.32. The van der Waals surface area contributed by atoms with Crippen LogP contribution in [0.5, 0.6) is 0 Å². The van der Waals surface area contributed by atoms with Crippen molar-refractivity contribution in [1.82, 2.24) is 4.90 Å². The summed E-state index contributed by atoms with van der Waals surface area (Å²) in [5.41, 5.74) is -0.273. The normalized spacial score (nSPS) is 12.9. The zero-order chi connectivity index (χ0) is 19.2. The van der Waals surface area contributed by atoms with E-state index in [4.69, 9.17) is 4.74 Å². The summed E-state index contributed by atoms with van der Waals surface area (Å²) in [6.45, 7) is 13.0. The average Bonchev–Trinajstić information content (AvgIpc) is 2.50. The van der Waals surface area contributed by atoms with Crippen LogP contribution in [0.1, 0.15) is 46.1 Å². The van der Waals surface area contributed by atoms with Crippen LogP contribution in [0.4, 0.5) is 4.79 Å². The van der Waals surface area contributed by atoms with Crippen LogP contribution in [0.25, 0.3) is 0 Å². The first kappa shape index (κ1) is 21.2. The summed E-state index contributed by atoms with van der Waals surface area (Å²) in [4.78, 5) is 14.2. The minimum Gasteiger partial charge on any atom is -0.429 e. The number of ether oxygens (including phenoxy) is 1. The maximum atomic E-state index is 12.9. The fourth-order valence-corrected chi connectivity index (χ4v) is 4.08. The minimum atomic E-state index is -3.79. The van der Waals surface area contributed by atoms with Gasteiger partial charge in [-0.3, -0.25) is 0 Å². The van der Waals surface area contributed by atoms with Crippen LogP contribution in [0.15, 0.2) is 41.8 Å². The zero-order valence-corrected chi connectivity index (χ0v) is 16.5. The Balaban J connectivity index is 3.13. The fraction of sp³-hybridized carbons (Fsp3) is 0.526. The lowest BCUT2D eigenvalue weighted by Gasteiger charge is -2.31. The lowest BCUT2D eigenvalue weighted by molar-refractivity contribution is 0.0666. The summed E-state index contributed by atoms with van der Waals surface area (Å²) in [5, 5.41) is 0. The molecular formula is C19H29NO4S. The molecule has 1 aromatic carbocycles. The van der Waals surface area contributed by atoms with Gasteiger partial charge in [-0.1, -0.05) is 23.8 Å². The maximum absolute atomic E-state index is 12.9. The molecule has 1 atom stereocenters. The molecule has 0 N–H and O–H groups in total. The molecule has 140 valence electrons. The molecule has 25 heavy (non-hydrogen) atoms. The molecule has 6 heteroatoms. The Morgan fingerprint density at radius 1 is 1.16 bits per heavy atom. The highest BCUT2D eigenvalue weighted by molar-refractivity contribution is 7.92. The highest BCUT2D eigenvalue weighted by atomic mass is 32.2. The SMILES string of the molecule is C=CCCC(OC(=O)N(C(C)C)C(C)C)S(=O)(=O)c1ccc(C)cc1. The second kappa shape index (κ2) is 9.04. The second-order valence-corrected chi connectivity index (χ2v) is 8.72. The summed E-state index contributed by atoms with van der Waals surface area (Å²) in [6.07, 6.45) is 1.62. The van der Waals surface area contributed by atoms with Crippen LogP contribution in [0.3, 0.4) is 0 Å². The first-order chi connectivity index (χ1) is 11.6. The van der Waals surface area contributed by atoms with Crippen molar-refractivity contribution in [3.05, 3.63) is 42.5 Å². The number of nitrogens with zero attached hydrogens (tertiary/aromatic N) is 1. The van der Waals surface area contributed by atoms with E-state index in [1.807, 2.05) is 34.6 Å². The van der Waals surface area contributed by atoms with E-state index < -0.39 is 21.4 Å². The van der Waals surface area contributed by atoms with E-state index in [0.29, 0.717) is 6.42 Å². The Morgan fingerprint density at radius 2 is 1.68 bits per heavy atom. The largest absolute Gasteiger partial charge is 0.429 e. The van der Waals surface area contributed by atoms with Crippen molar-refractivity contribution in [2.24, 2.45) is 0 Å². The molecule has 0 radical (unpaired) electrons. The smallest absolute Gasteiger partial charge is 0.411 e. The van der Waals surface area contributed by atoms with Gasteiger partial charge in [-0.15, -0.1) is 6.58 Å². The average molecular weight is 368 g/mol. The van der Waals surface area contributed by atoms with Crippen molar-refractivity contribution >= 4 is 15.9 Å². The molecule has 1 unspecified atom stereocenters. The van der Waals surface area contributed by atoms with Crippen molar-refractivity contribution in [3.63, 3.8) is 0 Å². The maximum Gasteiger partial charge on any atom is 0.411 e. The highest BCUT2D eigenvalue weighted by Crippen LogP contribution is 2.23. The van der Waals surface area contributed by atoms with Gasteiger partial charge in [-0.05, 0) is 53.2 Å². The number of hydrogen-bond donors (Lipinski definition) is 0. The number of carbonyl (C=O) groups is 1. The van der Waals surface area contributed by atoms with Crippen molar-refractivity contribution in [2.75, 3.05) is 0 Å². The zero-order valence-electron chi connectivity index (χ0n) is 15.7. The third kappa shape index (κ3) is 5.59. The molecule has 5 nitrogen and oxygen atoms in total. The van der Waals surface area contributed by atoms with Gasteiger partial charge in [0, 0.05) is 18.5 Å². The molecule has 0 heterocycles. The number of rotatable bonds is 8. The van der Waals surface area contributed by atoms with Gasteiger partial charge in [0.2, 0.25) is 15.3 Å². The highest BCUT2D eigenvalue weighted by Gasteiger charge is 2.33. The van der Waals surface area contributed by atoms with E-state index in [9.17, 15) is 13.2 Å². The first-order valence-electron chi connectivity index (χ1n) is 8.51. The molecule has 0 aliphatic rings. The number of benzene rings is 1. The number of sulfone groups is 1. The Bertz CT molecular complexity index is 670. The second-order valence-electron chi connectivity index (χ2n) is 6.63. The topological polar surface area (TPSA) is 63.7 Å². The number of allylic oxidation sites excluding steroid dienone is 1. The molecule has 1 aromatic rings. The van der Waals surface area contributed by atoms with Crippen LogP contribution < -0.4 is 0 Å². The van der Waals surface area contributed by atoms with E-state index in [1.54, 1.807) is 30.3 Å². The van der Waals surface area contributed by atoms with Crippen LogP contribution >= 0.6 is 0 Å². The number of hydrogen-bond acceptors (Lipinski definition) is 4. The van der Waals surface area contributed by atoms with Gasteiger partial charge < -0.3 is 9.64 Å². The van der Waals surface area contributed by atoms with Crippen LogP contribution in [0, 0.1) is 6.92 Å². The molecule has 0 saturated heterocycles. The van der Waals surface area contributed by atoms with E-state index >= 15 is 0 Å². The van der Waals surface area contributed by atoms with E-state index in [0.717, 1.165) is 5.56 Å². The van der Waals surface area contributed by atoms with Gasteiger partial charge in [0.05, 0.1) is 4.90 Å². The van der Waals surface area contributed by atoms with Gasteiger partial charge in [0.25, 0.3) is 0 Å².